The maximum Gasteiger partial charge on any atom is 0.0944 e. The third-order valence-electron chi connectivity index (χ3n) is 4.73. The molecule has 0 fully saturated rings. The highest BCUT2D eigenvalue weighted by Gasteiger charge is 2.16. The summed E-state index contributed by atoms with van der Waals surface area (Å²) in [5, 5.41) is 26.1. The van der Waals surface area contributed by atoms with E-state index in [1.165, 1.54) is 16.2 Å². The van der Waals surface area contributed by atoms with Crippen molar-refractivity contribution < 1.29 is 0 Å². The van der Waals surface area contributed by atoms with Crippen molar-refractivity contribution in [2.45, 2.75) is 0 Å². The lowest BCUT2D eigenvalue weighted by atomic mass is 9.89. The zero-order valence-electron chi connectivity index (χ0n) is 12.1. The fourth-order valence-corrected chi connectivity index (χ4v) is 4.30. The van der Waals surface area contributed by atoms with Gasteiger partial charge in [0.15, 0.2) is 0 Å². The van der Waals surface area contributed by atoms with Gasteiger partial charge in [0.05, 0.1) is 15.2 Å². The first kappa shape index (κ1) is 13.0. The molecule has 23 heavy (non-hydrogen) atoms. The molecule has 0 aliphatic carbocycles. The van der Waals surface area contributed by atoms with Crippen molar-refractivity contribution in [3.05, 3.63) is 69.8 Å². The molecule has 0 atom stereocenters. The fourth-order valence-electron chi connectivity index (χ4n) is 3.77. The first-order chi connectivity index (χ1) is 11.2. The van der Waals surface area contributed by atoms with Gasteiger partial charge >= 0.3 is 0 Å². The molecule has 0 heterocycles. The fraction of sp³-hybridized carbons (Fsp3) is 0. The molecule has 0 saturated heterocycles. The molecule has 5 rings (SSSR count). The van der Waals surface area contributed by atoms with Crippen molar-refractivity contribution in [1.82, 2.24) is 0 Å². The Balaban J connectivity index is 2.37. The van der Waals surface area contributed by atoms with Crippen molar-refractivity contribution in [2.24, 2.45) is 0 Å². The van der Waals surface area contributed by atoms with Crippen LogP contribution in [0.5, 0.6) is 0 Å². The van der Waals surface area contributed by atoms with Crippen LogP contribution >= 0.6 is 15.9 Å². The van der Waals surface area contributed by atoms with Gasteiger partial charge in [-0.25, -0.2) is 0 Å². The Bertz CT molecular complexity index is 1350. The van der Waals surface area contributed by atoms with Crippen molar-refractivity contribution in [3.63, 3.8) is 0 Å². The quantitative estimate of drug-likeness (QED) is 0.292. The largest absolute Gasteiger partial charge is 0.298 e. The lowest BCUT2D eigenvalue weighted by Crippen LogP contribution is -2.25. The second-order valence-corrected chi connectivity index (χ2v) is 6.67. The summed E-state index contributed by atoms with van der Waals surface area (Å²) in [7, 11) is 0. The first-order valence-electron chi connectivity index (χ1n) is 7.42. The van der Waals surface area contributed by atoms with E-state index in [1.807, 2.05) is 18.2 Å². The molecule has 3 heteroatoms. The van der Waals surface area contributed by atoms with Gasteiger partial charge in [-0.05, 0) is 48.2 Å². The van der Waals surface area contributed by atoms with E-state index in [0.29, 0.717) is 9.83 Å². The predicted molar refractivity (Wildman–Crippen MR) is 98.2 cm³/mol. The van der Waals surface area contributed by atoms with Gasteiger partial charge in [-0.2, -0.15) is 0 Å². The molecular formula is C20H11BrN2. The number of nitrogens with one attached hydrogen (secondary N) is 2. The van der Waals surface area contributed by atoms with Crippen molar-refractivity contribution in [3.8, 4) is 0 Å². The van der Waals surface area contributed by atoms with Crippen LogP contribution in [-0.2, 0) is 0 Å². The Morgan fingerprint density at radius 2 is 1.13 bits per heavy atom. The summed E-state index contributed by atoms with van der Waals surface area (Å²) in [6.45, 7) is 0. The summed E-state index contributed by atoms with van der Waals surface area (Å²) >= 11 is 3.52. The van der Waals surface area contributed by atoms with Gasteiger partial charge in [-0.3, -0.25) is 10.8 Å². The minimum Gasteiger partial charge on any atom is -0.298 e. The second-order valence-electron chi connectivity index (χ2n) is 5.88. The van der Waals surface area contributed by atoms with Crippen LogP contribution in [0.15, 0.2) is 59.1 Å². The van der Waals surface area contributed by atoms with Gasteiger partial charge in [0.1, 0.15) is 0 Å². The number of fused-ring (bicyclic) bond motifs is 2. The molecule has 108 valence electrons. The monoisotopic (exact) mass is 358 g/mol. The molecule has 0 aromatic heterocycles. The van der Waals surface area contributed by atoms with E-state index in [0.717, 1.165) is 26.9 Å². The van der Waals surface area contributed by atoms with Gasteiger partial charge < -0.3 is 0 Å². The summed E-state index contributed by atoms with van der Waals surface area (Å²) in [4.78, 5) is 0. The molecule has 2 nitrogen and oxygen atoms in total. The SMILES string of the molecule is N=c1c(Br)c2cccc3c4cccc5cccc(c(c1=N)c23)c54. The van der Waals surface area contributed by atoms with Crippen molar-refractivity contribution >= 4 is 59.0 Å². The van der Waals surface area contributed by atoms with Crippen LogP contribution in [0.4, 0.5) is 0 Å². The highest BCUT2D eigenvalue weighted by molar-refractivity contribution is 9.10. The van der Waals surface area contributed by atoms with Gasteiger partial charge in [0.25, 0.3) is 0 Å². The Hall–Kier alpha value is -2.52. The molecular weight excluding hydrogens is 348 g/mol. The molecule has 0 bridgehead atoms. The van der Waals surface area contributed by atoms with E-state index in [-0.39, 0.29) is 5.36 Å². The molecule has 0 spiro atoms. The van der Waals surface area contributed by atoms with Crippen LogP contribution in [0.25, 0.3) is 43.1 Å². The van der Waals surface area contributed by atoms with E-state index >= 15 is 0 Å². The van der Waals surface area contributed by atoms with Gasteiger partial charge in [0, 0.05) is 10.8 Å². The molecule has 0 radical (unpaired) electrons. The summed E-state index contributed by atoms with van der Waals surface area (Å²) < 4.78 is 0.703. The average Bonchev–Trinajstić information content (AvgIpc) is 2.59. The molecule has 0 amide bonds. The topological polar surface area (TPSA) is 47.7 Å². The minimum atomic E-state index is 0.251. The highest BCUT2D eigenvalue weighted by atomic mass is 79.9. The van der Waals surface area contributed by atoms with Gasteiger partial charge in [-0.15, -0.1) is 0 Å². The Labute approximate surface area is 139 Å². The van der Waals surface area contributed by atoms with Gasteiger partial charge in [-0.1, -0.05) is 54.6 Å². The maximum atomic E-state index is 8.54. The zero-order chi connectivity index (χ0) is 15.7. The Kier molecular flexibility index (Phi) is 2.41. The third kappa shape index (κ3) is 1.48. The maximum absolute atomic E-state index is 8.54. The first-order valence-corrected chi connectivity index (χ1v) is 8.21. The zero-order valence-corrected chi connectivity index (χ0v) is 13.7. The van der Waals surface area contributed by atoms with E-state index in [2.05, 4.69) is 52.3 Å². The highest BCUT2D eigenvalue weighted by Crippen LogP contribution is 2.39. The molecule has 0 aliphatic rings. The third-order valence-corrected chi connectivity index (χ3v) is 5.56. The summed E-state index contributed by atoms with van der Waals surface area (Å²) in [6.07, 6.45) is 0. The van der Waals surface area contributed by atoms with Crippen LogP contribution in [0.1, 0.15) is 0 Å². The second kappa shape index (κ2) is 4.27. The number of rotatable bonds is 0. The average molecular weight is 359 g/mol. The standard InChI is InChI=1S/C20H11BrN2/c21-18-14-9-3-7-12-11-6-1-4-10-5-2-8-13(15(10)11)17(16(12)14)19(22)20(18)23/h1-9,22-23H. The van der Waals surface area contributed by atoms with E-state index < -0.39 is 0 Å². The minimum absolute atomic E-state index is 0.251. The molecule has 0 unspecified atom stereocenters. The van der Waals surface area contributed by atoms with Crippen molar-refractivity contribution in [1.29, 1.82) is 10.8 Å². The van der Waals surface area contributed by atoms with Crippen molar-refractivity contribution in [2.75, 3.05) is 0 Å². The summed E-state index contributed by atoms with van der Waals surface area (Å²) in [6, 6.07) is 18.7. The lowest BCUT2D eigenvalue weighted by molar-refractivity contribution is 1.15. The molecule has 0 saturated carbocycles. The Morgan fingerprint density at radius 1 is 0.565 bits per heavy atom. The molecule has 5 aromatic carbocycles. The van der Waals surface area contributed by atoms with Gasteiger partial charge in [0.2, 0.25) is 0 Å². The Morgan fingerprint density at radius 3 is 1.87 bits per heavy atom. The normalized spacial score (nSPS) is 12.0. The number of halogens is 1. The molecule has 0 aliphatic heterocycles. The number of benzene rings is 5. The summed E-state index contributed by atoms with van der Waals surface area (Å²) in [5.74, 6) is 0. The van der Waals surface area contributed by atoms with Crippen LogP contribution in [0.3, 0.4) is 0 Å². The lowest BCUT2D eigenvalue weighted by Gasteiger charge is -2.15. The smallest absolute Gasteiger partial charge is 0.0944 e. The number of hydrogen-bond donors (Lipinski definition) is 2. The van der Waals surface area contributed by atoms with Crippen LogP contribution in [-0.4, -0.2) is 0 Å². The van der Waals surface area contributed by atoms with E-state index in [1.54, 1.807) is 0 Å². The number of hydrogen-bond acceptors (Lipinski definition) is 2. The predicted octanol–water partition coefficient (Wildman–Crippen LogP) is 4.90. The molecule has 2 N–H and O–H groups in total. The van der Waals surface area contributed by atoms with E-state index in [9.17, 15) is 0 Å². The molecule has 5 aromatic rings. The van der Waals surface area contributed by atoms with Crippen LogP contribution in [0, 0.1) is 10.8 Å². The van der Waals surface area contributed by atoms with Crippen LogP contribution in [0.2, 0.25) is 0 Å². The van der Waals surface area contributed by atoms with Crippen LogP contribution < -0.4 is 10.7 Å². The summed E-state index contributed by atoms with van der Waals surface area (Å²) in [5.41, 5.74) is 0. The van der Waals surface area contributed by atoms with E-state index in [4.69, 9.17) is 10.8 Å².